The number of hydrogen-bond donors (Lipinski definition) is 0. The van der Waals surface area contributed by atoms with E-state index in [-0.39, 0.29) is 32.7 Å². The Hall–Kier alpha value is -2.52. The van der Waals surface area contributed by atoms with Gasteiger partial charge in [0.1, 0.15) is 6.73 Å². The van der Waals surface area contributed by atoms with E-state index in [2.05, 4.69) is 4.98 Å². The fourth-order valence-electron chi connectivity index (χ4n) is 3.49. The van der Waals surface area contributed by atoms with Crippen LogP contribution in [0.4, 0.5) is 0 Å². The summed E-state index contributed by atoms with van der Waals surface area (Å²) in [6.07, 6.45) is 2.63. The molecule has 0 amide bonds. The van der Waals surface area contributed by atoms with Gasteiger partial charge in [0.2, 0.25) is 0 Å². The summed E-state index contributed by atoms with van der Waals surface area (Å²) < 4.78 is 33.7. The molecule has 0 aliphatic rings. The van der Waals surface area contributed by atoms with Crippen molar-refractivity contribution in [2.24, 2.45) is 7.05 Å². The predicted molar refractivity (Wildman–Crippen MR) is 125 cm³/mol. The van der Waals surface area contributed by atoms with Crippen LogP contribution in [-0.2, 0) is 45.3 Å². The molecule has 0 aliphatic carbocycles. The van der Waals surface area contributed by atoms with Crippen LogP contribution >= 0.6 is 7.60 Å². The lowest BCUT2D eigenvalue weighted by molar-refractivity contribution is 0.0903. The Labute approximate surface area is 192 Å². The summed E-state index contributed by atoms with van der Waals surface area (Å²) in [5.41, 5.74) is 0.679. The standard InChI is InChI=1S/C22H31N4O6P/c1-4-30-17-25-16-23-20-19(25)21(27)26(22(28)24(20)3)13-9-10-14-33(29,31-5-2)32-15-18-11-7-6-8-12-18/h6-8,11-12,16H,4-5,9-10,13-15,17H2,1-3H3. The quantitative estimate of drug-likeness (QED) is 0.274. The fraction of sp³-hybridized carbons (Fsp3) is 0.500. The van der Waals surface area contributed by atoms with Gasteiger partial charge in [0.05, 0.1) is 25.7 Å². The molecule has 0 radical (unpaired) electrons. The molecule has 1 atom stereocenters. The van der Waals surface area contributed by atoms with E-state index in [1.165, 1.54) is 15.5 Å². The van der Waals surface area contributed by atoms with Crippen LogP contribution < -0.4 is 11.2 Å². The number of ether oxygens (including phenoxy) is 1. The maximum Gasteiger partial charge on any atom is 0.332 e. The molecule has 0 saturated heterocycles. The summed E-state index contributed by atoms with van der Waals surface area (Å²) in [6.45, 7) is 4.94. The number of benzene rings is 1. The van der Waals surface area contributed by atoms with Crippen LogP contribution in [0.1, 0.15) is 32.3 Å². The maximum atomic E-state index is 13.1. The number of rotatable bonds is 13. The minimum absolute atomic E-state index is 0.177. The largest absolute Gasteiger partial charge is 0.361 e. The van der Waals surface area contributed by atoms with Gasteiger partial charge in [-0.3, -0.25) is 18.5 Å². The van der Waals surface area contributed by atoms with Gasteiger partial charge in [0.15, 0.2) is 11.2 Å². The van der Waals surface area contributed by atoms with Crippen molar-refractivity contribution in [1.29, 1.82) is 0 Å². The van der Waals surface area contributed by atoms with E-state index >= 15 is 0 Å². The van der Waals surface area contributed by atoms with Crippen molar-refractivity contribution in [2.45, 2.75) is 46.6 Å². The maximum absolute atomic E-state index is 13.1. The van der Waals surface area contributed by atoms with Crippen LogP contribution in [-0.4, -0.2) is 38.1 Å². The van der Waals surface area contributed by atoms with Crippen molar-refractivity contribution in [2.75, 3.05) is 19.4 Å². The van der Waals surface area contributed by atoms with Crippen molar-refractivity contribution in [1.82, 2.24) is 18.7 Å². The summed E-state index contributed by atoms with van der Waals surface area (Å²) in [5, 5.41) is 0. The summed E-state index contributed by atoms with van der Waals surface area (Å²) in [6, 6.07) is 9.47. The number of fused-ring (bicyclic) bond motifs is 1. The number of imidazole rings is 1. The van der Waals surface area contributed by atoms with Crippen molar-refractivity contribution in [3.8, 4) is 0 Å². The molecule has 33 heavy (non-hydrogen) atoms. The van der Waals surface area contributed by atoms with Gasteiger partial charge < -0.3 is 18.4 Å². The van der Waals surface area contributed by atoms with E-state index < -0.39 is 18.8 Å². The zero-order valence-electron chi connectivity index (χ0n) is 19.3. The molecular formula is C22H31N4O6P. The Kier molecular flexibility index (Phi) is 8.80. The molecule has 1 unspecified atom stereocenters. The first-order valence-electron chi connectivity index (χ1n) is 11.0. The molecule has 0 fully saturated rings. The second-order valence-electron chi connectivity index (χ2n) is 7.53. The minimum atomic E-state index is -3.29. The molecule has 0 saturated carbocycles. The Bertz CT molecular complexity index is 1220. The first-order chi connectivity index (χ1) is 15.9. The summed E-state index contributed by atoms with van der Waals surface area (Å²) in [4.78, 5) is 29.9. The molecule has 3 aromatic rings. The van der Waals surface area contributed by atoms with Crippen molar-refractivity contribution < 1.29 is 18.3 Å². The number of nitrogens with zero attached hydrogens (tertiary/aromatic N) is 4. The number of aromatic nitrogens is 4. The predicted octanol–water partition coefficient (Wildman–Crippen LogP) is 3.12. The van der Waals surface area contributed by atoms with Gasteiger partial charge in [-0.2, -0.15) is 0 Å². The van der Waals surface area contributed by atoms with Crippen molar-refractivity contribution >= 4 is 18.8 Å². The van der Waals surface area contributed by atoms with E-state index in [0.717, 1.165) is 5.56 Å². The molecule has 3 rings (SSSR count). The van der Waals surface area contributed by atoms with Crippen molar-refractivity contribution in [3.63, 3.8) is 0 Å². The highest BCUT2D eigenvalue weighted by molar-refractivity contribution is 7.53. The third kappa shape index (κ3) is 6.09. The summed E-state index contributed by atoms with van der Waals surface area (Å²) in [7, 11) is -1.71. The number of aryl methyl sites for hydroxylation is 1. The normalized spacial score (nSPS) is 13.4. The van der Waals surface area contributed by atoms with Crippen molar-refractivity contribution in [3.05, 3.63) is 63.1 Å². The molecule has 180 valence electrons. The van der Waals surface area contributed by atoms with Crippen LogP contribution in [0.3, 0.4) is 0 Å². The highest BCUT2D eigenvalue weighted by Crippen LogP contribution is 2.49. The third-order valence-corrected chi connectivity index (χ3v) is 7.23. The Morgan fingerprint density at radius 2 is 1.79 bits per heavy atom. The van der Waals surface area contributed by atoms with Gasteiger partial charge >= 0.3 is 13.3 Å². The Morgan fingerprint density at radius 3 is 2.48 bits per heavy atom. The Morgan fingerprint density at radius 1 is 1.03 bits per heavy atom. The van der Waals surface area contributed by atoms with Gasteiger partial charge in [-0.25, -0.2) is 9.78 Å². The molecule has 10 nitrogen and oxygen atoms in total. The number of hydrogen-bond acceptors (Lipinski definition) is 7. The first-order valence-corrected chi connectivity index (χ1v) is 12.8. The van der Waals surface area contributed by atoms with Gasteiger partial charge in [-0.1, -0.05) is 30.3 Å². The highest BCUT2D eigenvalue weighted by atomic mass is 31.2. The summed E-state index contributed by atoms with van der Waals surface area (Å²) in [5.74, 6) is 0. The molecular weight excluding hydrogens is 447 g/mol. The Balaban J connectivity index is 1.68. The van der Waals surface area contributed by atoms with E-state index in [1.54, 1.807) is 18.5 Å². The van der Waals surface area contributed by atoms with Gasteiger partial charge in [-0.15, -0.1) is 0 Å². The van der Waals surface area contributed by atoms with Crippen LogP contribution in [0, 0.1) is 0 Å². The lowest BCUT2D eigenvalue weighted by atomic mass is 10.2. The average Bonchev–Trinajstić information content (AvgIpc) is 3.25. The first kappa shape index (κ1) is 25.1. The van der Waals surface area contributed by atoms with Gasteiger partial charge in [-0.05, 0) is 32.3 Å². The second kappa shape index (κ2) is 11.6. The van der Waals surface area contributed by atoms with Gasteiger partial charge in [0.25, 0.3) is 5.56 Å². The van der Waals surface area contributed by atoms with Crippen LogP contribution in [0.15, 0.2) is 46.2 Å². The highest BCUT2D eigenvalue weighted by Gasteiger charge is 2.24. The molecule has 0 spiro atoms. The zero-order chi connectivity index (χ0) is 23.8. The summed E-state index contributed by atoms with van der Waals surface area (Å²) >= 11 is 0. The molecule has 0 aliphatic heterocycles. The second-order valence-corrected chi connectivity index (χ2v) is 9.71. The van der Waals surface area contributed by atoms with E-state index in [4.69, 9.17) is 13.8 Å². The molecule has 2 aromatic heterocycles. The molecule has 0 N–H and O–H groups in total. The minimum Gasteiger partial charge on any atom is -0.361 e. The van der Waals surface area contributed by atoms with Crippen LogP contribution in [0.2, 0.25) is 0 Å². The lowest BCUT2D eigenvalue weighted by Crippen LogP contribution is -2.39. The fourth-order valence-corrected chi connectivity index (χ4v) is 5.18. The molecule has 11 heteroatoms. The number of unbranched alkanes of at least 4 members (excludes halogenated alkanes) is 1. The SMILES string of the molecule is CCOCn1cnc2c1c(=O)n(CCCCP(=O)(OCC)OCc1ccccc1)c(=O)n2C. The average molecular weight is 478 g/mol. The van der Waals surface area contributed by atoms with E-state index in [1.807, 2.05) is 37.3 Å². The third-order valence-electron chi connectivity index (χ3n) is 5.20. The van der Waals surface area contributed by atoms with E-state index in [9.17, 15) is 14.2 Å². The van der Waals surface area contributed by atoms with Gasteiger partial charge in [0, 0.05) is 20.2 Å². The monoisotopic (exact) mass is 478 g/mol. The van der Waals surface area contributed by atoms with Crippen LogP contribution in [0.25, 0.3) is 11.2 Å². The molecule has 1 aromatic carbocycles. The van der Waals surface area contributed by atoms with E-state index in [0.29, 0.717) is 30.6 Å². The lowest BCUT2D eigenvalue weighted by Gasteiger charge is -2.18. The zero-order valence-corrected chi connectivity index (χ0v) is 20.2. The molecule has 0 bridgehead atoms. The van der Waals surface area contributed by atoms with Crippen LogP contribution in [0.5, 0.6) is 0 Å². The molecule has 2 heterocycles. The topological polar surface area (TPSA) is 107 Å². The smallest absolute Gasteiger partial charge is 0.332 e.